The molecule has 6 atom stereocenters. The Morgan fingerprint density at radius 2 is 0.821 bits per heavy atom. The molecule has 1 aliphatic rings. The van der Waals surface area contributed by atoms with Gasteiger partial charge < -0.3 is 30.6 Å². The fraction of sp³-hybridized carbons (Fsp3) is 0.300. The smallest absolute Gasteiger partial charge is 0.199 e. The number of hydrogen-bond donors (Lipinski definition) is 6. The van der Waals surface area contributed by atoms with Crippen LogP contribution < -0.4 is 0 Å². The highest BCUT2D eigenvalue weighted by atomic mass is 16.4. The van der Waals surface area contributed by atoms with Crippen molar-refractivity contribution >= 4 is 11.6 Å². The molecule has 8 heteroatoms. The summed E-state index contributed by atoms with van der Waals surface area (Å²) < 4.78 is 0. The fourth-order valence-electron chi connectivity index (χ4n) is 3.49. The third-order valence-electron chi connectivity index (χ3n) is 5.20. The molecule has 0 aromatic heterocycles. The van der Waals surface area contributed by atoms with Gasteiger partial charge >= 0.3 is 0 Å². The maximum atomic E-state index is 12.7. The zero-order chi connectivity index (χ0) is 20.7. The quantitative estimate of drug-likeness (QED) is 0.352. The lowest BCUT2D eigenvalue weighted by Crippen LogP contribution is -2.80. The summed E-state index contributed by atoms with van der Waals surface area (Å²) >= 11 is 0. The minimum absolute atomic E-state index is 0.109. The molecule has 1 aliphatic carbocycles. The highest BCUT2D eigenvalue weighted by molar-refractivity contribution is 6.06. The molecule has 0 saturated heterocycles. The van der Waals surface area contributed by atoms with Gasteiger partial charge in [0.15, 0.2) is 22.8 Å². The topological polar surface area (TPSA) is 156 Å². The van der Waals surface area contributed by atoms with E-state index >= 15 is 0 Å². The van der Waals surface area contributed by atoms with Crippen molar-refractivity contribution in [2.75, 3.05) is 0 Å². The van der Waals surface area contributed by atoms with Gasteiger partial charge in [-0.15, -0.1) is 0 Å². The summed E-state index contributed by atoms with van der Waals surface area (Å²) in [5.41, 5.74) is -6.32. The van der Waals surface area contributed by atoms with Crippen molar-refractivity contribution in [3.8, 4) is 0 Å². The van der Waals surface area contributed by atoms with E-state index in [0.717, 1.165) is 0 Å². The van der Waals surface area contributed by atoms with Gasteiger partial charge in [-0.25, -0.2) is 0 Å². The van der Waals surface area contributed by atoms with Crippen LogP contribution in [0.1, 0.15) is 20.7 Å². The Balaban J connectivity index is 2.04. The summed E-state index contributed by atoms with van der Waals surface area (Å²) in [6.07, 6.45) is -9.85. The van der Waals surface area contributed by atoms with E-state index in [2.05, 4.69) is 0 Å². The van der Waals surface area contributed by atoms with E-state index in [1.165, 1.54) is 48.5 Å². The molecule has 2 aromatic rings. The highest BCUT2D eigenvalue weighted by Gasteiger charge is 2.69. The van der Waals surface area contributed by atoms with Gasteiger partial charge in [-0.1, -0.05) is 60.7 Å². The van der Waals surface area contributed by atoms with Gasteiger partial charge in [0.1, 0.15) is 24.4 Å². The van der Waals surface area contributed by atoms with Crippen LogP contribution in [0.25, 0.3) is 0 Å². The summed E-state index contributed by atoms with van der Waals surface area (Å²) in [7, 11) is 0. The average Bonchev–Trinajstić information content (AvgIpc) is 2.75. The first-order chi connectivity index (χ1) is 13.2. The minimum Gasteiger partial charge on any atom is -0.387 e. The molecule has 1 fully saturated rings. The van der Waals surface area contributed by atoms with Gasteiger partial charge in [0.05, 0.1) is 0 Å². The van der Waals surface area contributed by atoms with Gasteiger partial charge in [0.2, 0.25) is 0 Å². The van der Waals surface area contributed by atoms with Crippen molar-refractivity contribution in [2.24, 2.45) is 0 Å². The number of carbonyl (C=O) groups excluding carboxylic acids is 2. The van der Waals surface area contributed by atoms with Crippen LogP contribution >= 0.6 is 0 Å². The normalized spacial score (nSPS) is 35.4. The summed E-state index contributed by atoms with van der Waals surface area (Å²) in [5, 5.41) is 63.3. The van der Waals surface area contributed by atoms with E-state index in [1.54, 1.807) is 12.1 Å². The molecule has 0 spiro atoms. The van der Waals surface area contributed by atoms with Gasteiger partial charge in [0.25, 0.3) is 0 Å². The van der Waals surface area contributed by atoms with Crippen molar-refractivity contribution in [2.45, 2.75) is 35.6 Å². The third kappa shape index (κ3) is 2.78. The van der Waals surface area contributed by atoms with Crippen LogP contribution in [-0.4, -0.2) is 77.8 Å². The summed E-state index contributed by atoms with van der Waals surface area (Å²) in [4.78, 5) is 25.5. The van der Waals surface area contributed by atoms with Crippen LogP contribution in [0.3, 0.4) is 0 Å². The molecule has 0 heterocycles. The maximum absolute atomic E-state index is 12.7. The lowest BCUT2D eigenvalue weighted by Gasteiger charge is -2.51. The predicted molar refractivity (Wildman–Crippen MR) is 95.5 cm³/mol. The molecular formula is C20H20O8. The number of carbonyl (C=O) groups is 2. The molecule has 8 nitrogen and oxygen atoms in total. The van der Waals surface area contributed by atoms with E-state index in [0.29, 0.717) is 0 Å². The molecule has 0 aliphatic heterocycles. The second-order valence-electron chi connectivity index (χ2n) is 6.82. The second kappa shape index (κ2) is 7.17. The molecule has 28 heavy (non-hydrogen) atoms. The number of hydrogen-bond acceptors (Lipinski definition) is 8. The van der Waals surface area contributed by atoms with Crippen LogP contribution in [0.5, 0.6) is 0 Å². The summed E-state index contributed by atoms with van der Waals surface area (Å²) in [6, 6.07) is 14.3. The van der Waals surface area contributed by atoms with Crippen LogP contribution in [0, 0.1) is 0 Å². The third-order valence-corrected chi connectivity index (χ3v) is 5.20. The number of Topliss-reactive ketones (excluding diaryl/α,β-unsaturated/α-hetero) is 2. The Morgan fingerprint density at radius 3 is 1.07 bits per heavy atom. The molecule has 2 aromatic carbocycles. The predicted octanol–water partition coefficient (Wildman–Crippen LogP) is -1.33. The zero-order valence-electron chi connectivity index (χ0n) is 14.6. The molecule has 0 radical (unpaired) electrons. The molecule has 0 amide bonds. The molecule has 3 rings (SSSR count). The number of aliphatic hydroxyl groups excluding tert-OH is 4. The Bertz CT molecular complexity index is 777. The average molecular weight is 388 g/mol. The van der Waals surface area contributed by atoms with Crippen molar-refractivity contribution in [3.63, 3.8) is 0 Å². The summed E-state index contributed by atoms with van der Waals surface area (Å²) in [5.74, 6) is -2.36. The van der Waals surface area contributed by atoms with E-state index in [-0.39, 0.29) is 11.1 Å². The first-order valence-corrected chi connectivity index (χ1v) is 8.53. The maximum Gasteiger partial charge on any atom is 0.199 e. The van der Waals surface area contributed by atoms with Gasteiger partial charge in [-0.05, 0) is 0 Å². The first kappa shape index (κ1) is 20.3. The second-order valence-corrected chi connectivity index (χ2v) is 6.82. The number of benzene rings is 2. The number of aliphatic hydroxyl groups is 6. The van der Waals surface area contributed by atoms with Crippen molar-refractivity contribution in [1.82, 2.24) is 0 Å². The first-order valence-electron chi connectivity index (χ1n) is 8.53. The largest absolute Gasteiger partial charge is 0.387 e. The minimum atomic E-state index is -3.05. The SMILES string of the molecule is O=C(c1ccccc1)[C@]1(O)[C@H](O)[C@@H](O)[C@@](O)(C(=O)c2ccccc2)[C@@H](O)[C@H]1O. The van der Waals surface area contributed by atoms with E-state index in [1.807, 2.05) is 0 Å². The molecule has 148 valence electrons. The van der Waals surface area contributed by atoms with Crippen LogP contribution in [0.2, 0.25) is 0 Å². The molecule has 6 N–H and O–H groups in total. The Kier molecular flexibility index (Phi) is 5.20. The molecule has 0 bridgehead atoms. The van der Waals surface area contributed by atoms with E-state index in [9.17, 15) is 40.2 Å². The zero-order valence-corrected chi connectivity index (χ0v) is 14.6. The fourth-order valence-corrected chi connectivity index (χ4v) is 3.49. The lowest BCUT2D eigenvalue weighted by atomic mass is 9.63. The lowest BCUT2D eigenvalue weighted by molar-refractivity contribution is -0.270. The standard InChI is InChI=1S/C20H20O8/c21-13(11-7-3-1-4-8-11)19(27)15(23)17(25)20(28,18(26)16(19)24)14(22)12-9-5-2-6-10-12/h1-10,15-18,23-28H/t15-,16-,17-,18+,19+,20+/m1/s1. The van der Waals surface area contributed by atoms with Gasteiger partial charge in [0, 0.05) is 11.1 Å². The number of ketones is 2. The van der Waals surface area contributed by atoms with Crippen molar-refractivity contribution in [3.05, 3.63) is 71.8 Å². The van der Waals surface area contributed by atoms with Gasteiger partial charge in [-0.2, -0.15) is 0 Å². The van der Waals surface area contributed by atoms with Crippen LogP contribution in [-0.2, 0) is 0 Å². The van der Waals surface area contributed by atoms with Gasteiger partial charge in [-0.3, -0.25) is 9.59 Å². The number of rotatable bonds is 4. The van der Waals surface area contributed by atoms with Crippen LogP contribution in [0.4, 0.5) is 0 Å². The Labute approximate surface area is 159 Å². The van der Waals surface area contributed by atoms with Crippen molar-refractivity contribution < 1.29 is 40.2 Å². The Morgan fingerprint density at radius 1 is 0.571 bits per heavy atom. The van der Waals surface area contributed by atoms with Crippen LogP contribution in [0.15, 0.2) is 60.7 Å². The molecular weight excluding hydrogens is 368 g/mol. The monoisotopic (exact) mass is 388 g/mol. The van der Waals surface area contributed by atoms with Crippen molar-refractivity contribution in [1.29, 1.82) is 0 Å². The highest BCUT2D eigenvalue weighted by Crippen LogP contribution is 2.40. The Hall–Kier alpha value is -2.46. The van der Waals surface area contributed by atoms with E-state index in [4.69, 9.17) is 0 Å². The summed E-state index contributed by atoms with van der Waals surface area (Å²) in [6.45, 7) is 0. The van der Waals surface area contributed by atoms with E-state index < -0.39 is 47.2 Å². The molecule has 0 unspecified atom stereocenters. The molecule has 1 saturated carbocycles.